The van der Waals surface area contributed by atoms with Crippen molar-refractivity contribution in [1.82, 2.24) is 0 Å². The molecule has 0 radical (unpaired) electrons. The number of ether oxygens (including phenoxy) is 4. The highest BCUT2D eigenvalue weighted by molar-refractivity contribution is 7.47. The lowest BCUT2D eigenvalue weighted by atomic mass is 9.99. The molecular formula is C74H144O17P2. The van der Waals surface area contributed by atoms with E-state index in [0.717, 1.165) is 114 Å². The molecule has 4 unspecified atom stereocenters. The molecule has 0 fully saturated rings. The van der Waals surface area contributed by atoms with Crippen molar-refractivity contribution in [2.75, 3.05) is 39.6 Å². The Morgan fingerprint density at radius 1 is 0.301 bits per heavy atom. The molecule has 0 aromatic rings. The Kier molecular flexibility index (Phi) is 62.2. The maximum absolute atomic E-state index is 13.0. The number of hydrogen-bond acceptors (Lipinski definition) is 15. The van der Waals surface area contributed by atoms with E-state index in [1.54, 1.807) is 0 Å². The zero-order valence-electron chi connectivity index (χ0n) is 60.9. The monoisotopic (exact) mass is 1370 g/mol. The minimum atomic E-state index is -4.95. The number of esters is 4. The maximum atomic E-state index is 13.0. The standard InChI is InChI=1S/C74H144O17P2/c1-9-66(7)52-44-36-27-21-15-13-11-12-14-16-24-30-40-48-56-73(78)91-70(61-85-72(77)55-47-39-33-32-35-43-51-65(5)6)63-89-93(82,83)87-59-68(75)58-86-92(80,81)88-62-69(90-74(79)57-49-41-31-25-19-20-26-34-42-50-64(3)4)60-84-71(76)54-46-38-29-23-18-17-22-28-37-45-53-67(8)10-2/h64-70,75H,9-63H2,1-8H3,(H,80,81)(H,82,83)/t66?,67?,68-,69-,70-/m1/s1. The quantitative estimate of drug-likeness (QED) is 0.0222. The van der Waals surface area contributed by atoms with Crippen LogP contribution >= 0.6 is 15.6 Å². The SMILES string of the molecule is CCC(C)CCCCCCCCCCCCCCCCC(=O)O[C@H](COC(=O)CCCCCCCCC(C)C)COP(=O)(O)OC[C@H](O)COP(=O)(O)OC[C@@H](COC(=O)CCCCCCCCCCCCC(C)CC)OC(=O)CCCCCCCCCCCC(C)C. The Labute approximate surface area is 568 Å². The number of carbonyl (C=O) groups is 4. The van der Waals surface area contributed by atoms with E-state index in [-0.39, 0.29) is 25.7 Å². The van der Waals surface area contributed by atoms with E-state index in [1.165, 1.54) is 167 Å². The molecule has 0 amide bonds. The lowest BCUT2D eigenvalue weighted by molar-refractivity contribution is -0.161. The van der Waals surface area contributed by atoms with Gasteiger partial charge in [-0.25, -0.2) is 9.13 Å². The molecule has 0 saturated heterocycles. The fourth-order valence-corrected chi connectivity index (χ4v) is 12.7. The second kappa shape index (κ2) is 63.5. The van der Waals surface area contributed by atoms with Gasteiger partial charge in [0.1, 0.15) is 19.3 Å². The summed E-state index contributed by atoms with van der Waals surface area (Å²) in [6.45, 7) is 14.2. The lowest BCUT2D eigenvalue weighted by Crippen LogP contribution is -2.30. The molecule has 0 aliphatic heterocycles. The molecule has 552 valence electrons. The minimum Gasteiger partial charge on any atom is -0.462 e. The molecule has 0 saturated carbocycles. The average molecular weight is 1370 g/mol. The van der Waals surface area contributed by atoms with Crippen molar-refractivity contribution in [3.63, 3.8) is 0 Å². The van der Waals surface area contributed by atoms with Gasteiger partial charge in [-0.15, -0.1) is 0 Å². The Morgan fingerprint density at radius 2 is 0.516 bits per heavy atom. The maximum Gasteiger partial charge on any atom is 0.472 e. The van der Waals surface area contributed by atoms with Gasteiger partial charge in [0.05, 0.1) is 26.4 Å². The van der Waals surface area contributed by atoms with Crippen molar-refractivity contribution < 1.29 is 80.2 Å². The molecule has 0 spiro atoms. The van der Waals surface area contributed by atoms with Crippen molar-refractivity contribution >= 4 is 39.5 Å². The van der Waals surface area contributed by atoms with Gasteiger partial charge < -0.3 is 33.8 Å². The van der Waals surface area contributed by atoms with E-state index >= 15 is 0 Å². The van der Waals surface area contributed by atoms with Crippen LogP contribution in [0.1, 0.15) is 370 Å². The number of unbranched alkanes of at least 4 members (excludes halogenated alkanes) is 35. The van der Waals surface area contributed by atoms with E-state index in [1.807, 2.05) is 0 Å². The number of phosphoric acid groups is 2. The van der Waals surface area contributed by atoms with Crippen LogP contribution in [0.3, 0.4) is 0 Å². The third-order valence-electron chi connectivity index (χ3n) is 17.8. The molecule has 3 N–H and O–H groups in total. The van der Waals surface area contributed by atoms with Gasteiger partial charge in [0.2, 0.25) is 0 Å². The molecule has 7 atom stereocenters. The molecule has 0 aromatic heterocycles. The van der Waals surface area contributed by atoms with Gasteiger partial charge in [0, 0.05) is 25.7 Å². The molecular weight excluding hydrogens is 1220 g/mol. The van der Waals surface area contributed by atoms with Crippen molar-refractivity contribution in [2.45, 2.75) is 388 Å². The highest BCUT2D eigenvalue weighted by Gasteiger charge is 2.30. The highest BCUT2D eigenvalue weighted by atomic mass is 31.2. The average Bonchev–Trinajstić information content (AvgIpc) is 2.10. The van der Waals surface area contributed by atoms with Gasteiger partial charge in [-0.05, 0) is 49.4 Å². The first-order valence-electron chi connectivity index (χ1n) is 38.3. The molecule has 0 aliphatic rings. The van der Waals surface area contributed by atoms with E-state index in [4.69, 9.17) is 37.0 Å². The normalized spacial score (nSPS) is 14.8. The van der Waals surface area contributed by atoms with Crippen LogP contribution in [0.25, 0.3) is 0 Å². The van der Waals surface area contributed by atoms with Crippen molar-refractivity contribution in [3.8, 4) is 0 Å². The topological polar surface area (TPSA) is 237 Å². The summed E-state index contributed by atoms with van der Waals surface area (Å²) >= 11 is 0. The van der Waals surface area contributed by atoms with E-state index < -0.39 is 97.5 Å². The first-order chi connectivity index (χ1) is 44.7. The summed E-state index contributed by atoms with van der Waals surface area (Å²) in [4.78, 5) is 72.7. The van der Waals surface area contributed by atoms with E-state index in [0.29, 0.717) is 31.6 Å². The highest BCUT2D eigenvalue weighted by Crippen LogP contribution is 2.45. The summed E-state index contributed by atoms with van der Waals surface area (Å²) in [7, 11) is -9.91. The fraction of sp³-hybridized carbons (Fsp3) is 0.946. The lowest BCUT2D eigenvalue weighted by Gasteiger charge is -2.21. The van der Waals surface area contributed by atoms with Crippen LogP contribution in [0.5, 0.6) is 0 Å². The zero-order valence-corrected chi connectivity index (χ0v) is 62.7. The van der Waals surface area contributed by atoms with Crippen LogP contribution in [-0.4, -0.2) is 96.7 Å². The molecule has 0 rings (SSSR count). The van der Waals surface area contributed by atoms with Crippen molar-refractivity contribution in [2.24, 2.45) is 23.7 Å². The molecule has 93 heavy (non-hydrogen) atoms. The second-order valence-corrected chi connectivity index (χ2v) is 31.0. The first kappa shape index (κ1) is 91.1. The smallest absolute Gasteiger partial charge is 0.462 e. The number of rotatable bonds is 71. The summed E-state index contributed by atoms with van der Waals surface area (Å²) in [6, 6.07) is 0. The minimum absolute atomic E-state index is 0.105. The zero-order chi connectivity index (χ0) is 68.9. The third-order valence-corrected chi connectivity index (χ3v) is 19.7. The van der Waals surface area contributed by atoms with Gasteiger partial charge in [-0.2, -0.15) is 0 Å². The molecule has 19 heteroatoms. The van der Waals surface area contributed by atoms with Crippen LogP contribution in [0.4, 0.5) is 0 Å². The number of aliphatic hydroxyl groups is 1. The van der Waals surface area contributed by atoms with Gasteiger partial charge >= 0.3 is 39.5 Å². The summed E-state index contributed by atoms with van der Waals surface area (Å²) in [6.07, 6.45) is 47.2. The number of carbonyl (C=O) groups excluding carboxylic acids is 4. The van der Waals surface area contributed by atoms with Gasteiger partial charge in [0.15, 0.2) is 12.2 Å². The van der Waals surface area contributed by atoms with Crippen LogP contribution in [0.2, 0.25) is 0 Å². The Balaban J connectivity index is 5.22. The summed E-state index contributed by atoms with van der Waals surface area (Å²) < 4.78 is 68.4. The number of phosphoric ester groups is 2. The van der Waals surface area contributed by atoms with Crippen molar-refractivity contribution in [3.05, 3.63) is 0 Å². The molecule has 0 aromatic carbocycles. The second-order valence-electron chi connectivity index (χ2n) is 28.1. The third kappa shape index (κ3) is 65.8. The van der Waals surface area contributed by atoms with E-state index in [2.05, 4.69) is 55.4 Å². The van der Waals surface area contributed by atoms with Gasteiger partial charge in [-0.3, -0.25) is 37.3 Å². The molecule has 0 bridgehead atoms. The largest absolute Gasteiger partial charge is 0.472 e. The molecule has 0 aliphatic carbocycles. The van der Waals surface area contributed by atoms with Gasteiger partial charge in [0.25, 0.3) is 0 Å². The predicted octanol–water partition coefficient (Wildman–Crippen LogP) is 21.3. The fourth-order valence-electron chi connectivity index (χ4n) is 11.1. The van der Waals surface area contributed by atoms with E-state index in [9.17, 15) is 43.2 Å². The Hall–Kier alpha value is -1.94. The van der Waals surface area contributed by atoms with Crippen LogP contribution in [0, 0.1) is 23.7 Å². The summed E-state index contributed by atoms with van der Waals surface area (Å²) in [5, 5.41) is 10.6. The number of aliphatic hydroxyl groups excluding tert-OH is 1. The number of hydrogen-bond donors (Lipinski definition) is 3. The predicted molar refractivity (Wildman–Crippen MR) is 377 cm³/mol. The van der Waals surface area contributed by atoms with Crippen LogP contribution in [0.15, 0.2) is 0 Å². The Morgan fingerprint density at radius 3 is 0.763 bits per heavy atom. The summed E-state index contributed by atoms with van der Waals surface area (Å²) in [5.74, 6) is 0.945. The van der Waals surface area contributed by atoms with Crippen molar-refractivity contribution in [1.29, 1.82) is 0 Å². The Bertz CT molecular complexity index is 1840. The molecule has 17 nitrogen and oxygen atoms in total. The first-order valence-corrected chi connectivity index (χ1v) is 41.3. The van der Waals surface area contributed by atoms with Crippen LogP contribution in [-0.2, 0) is 65.4 Å². The van der Waals surface area contributed by atoms with Gasteiger partial charge in [-0.1, -0.05) is 319 Å². The summed E-state index contributed by atoms with van der Waals surface area (Å²) in [5.41, 5.74) is 0. The molecule has 0 heterocycles. The van der Waals surface area contributed by atoms with Crippen LogP contribution < -0.4 is 0 Å².